The molecule has 0 fully saturated rings. The highest BCUT2D eigenvalue weighted by atomic mass is 14.9. The summed E-state index contributed by atoms with van der Waals surface area (Å²) in [7, 11) is 1.88. The molecule has 0 aliphatic heterocycles. The van der Waals surface area contributed by atoms with Crippen molar-refractivity contribution in [1.82, 2.24) is 5.32 Å². The van der Waals surface area contributed by atoms with Crippen molar-refractivity contribution in [3.05, 3.63) is 12.2 Å². The molecule has 0 aliphatic rings. The van der Waals surface area contributed by atoms with Gasteiger partial charge in [-0.25, -0.2) is 0 Å². The quantitative estimate of drug-likeness (QED) is 0.511. The minimum atomic E-state index is 0.287. The SMILES string of the molecule is C=C(C)[C@H](CN)NC. The standard InChI is InChI=1S/C6H14N2/c1-5(2)6(4-7)8-3/h6,8H,1,4,7H2,2-3H3/t6-/m0/s1. The number of nitrogens with two attached hydrogens (primary N) is 1. The van der Waals surface area contributed by atoms with Crippen LogP contribution in [-0.2, 0) is 0 Å². The predicted octanol–water partition coefficient (Wildman–Crippen LogP) is 0.109. The van der Waals surface area contributed by atoms with Gasteiger partial charge in [0, 0.05) is 12.6 Å². The first-order valence-corrected chi connectivity index (χ1v) is 2.75. The maximum absolute atomic E-state index is 5.36. The fourth-order valence-electron chi connectivity index (χ4n) is 0.565. The average molecular weight is 114 g/mol. The Bertz CT molecular complexity index is 74.6. The molecule has 0 aromatic rings. The first-order chi connectivity index (χ1) is 3.72. The highest BCUT2D eigenvalue weighted by Crippen LogP contribution is 1.92. The van der Waals surface area contributed by atoms with Gasteiger partial charge in [-0.3, -0.25) is 0 Å². The molecule has 0 spiro atoms. The normalized spacial score (nSPS) is 13.4. The third-order valence-electron chi connectivity index (χ3n) is 1.18. The lowest BCUT2D eigenvalue weighted by atomic mass is 10.1. The molecule has 0 rings (SSSR count). The zero-order valence-corrected chi connectivity index (χ0v) is 5.57. The summed E-state index contributed by atoms with van der Waals surface area (Å²) in [4.78, 5) is 0. The van der Waals surface area contributed by atoms with Crippen LogP contribution in [0.5, 0.6) is 0 Å². The molecule has 0 saturated heterocycles. The summed E-state index contributed by atoms with van der Waals surface area (Å²) in [5.74, 6) is 0. The van der Waals surface area contributed by atoms with Gasteiger partial charge in [0.1, 0.15) is 0 Å². The van der Waals surface area contributed by atoms with Gasteiger partial charge < -0.3 is 11.1 Å². The molecular weight excluding hydrogens is 100 g/mol. The minimum Gasteiger partial charge on any atom is -0.329 e. The Morgan fingerprint density at radius 2 is 2.38 bits per heavy atom. The van der Waals surface area contributed by atoms with E-state index in [2.05, 4.69) is 11.9 Å². The van der Waals surface area contributed by atoms with Gasteiger partial charge in [0.15, 0.2) is 0 Å². The molecule has 0 bridgehead atoms. The molecule has 3 N–H and O–H groups in total. The van der Waals surface area contributed by atoms with Crippen LogP contribution >= 0.6 is 0 Å². The Balaban J connectivity index is 3.52. The Morgan fingerprint density at radius 1 is 1.88 bits per heavy atom. The van der Waals surface area contributed by atoms with Crippen molar-refractivity contribution in [2.75, 3.05) is 13.6 Å². The minimum absolute atomic E-state index is 0.287. The van der Waals surface area contributed by atoms with Crippen LogP contribution in [0.4, 0.5) is 0 Å². The van der Waals surface area contributed by atoms with Crippen LogP contribution in [0.2, 0.25) is 0 Å². The van der Waals surface area contributed by atoms with E-state index in [4.69, 9.17) is 5.73 Å². The molecule has 48 valence electrons. The molecule has 0 amide bonds. The van der Waals surface area contributed by atoms with E-state index >= 15 is 0 Å². The van der Waals surface area contributed by atoms with Gasteiger partial charge in [-0.2, -0.15) is 0 Å². The van der Waals surface area contributed by atoms with Crippen LogP contribution in [0.1, 0.15) is 6.92 Å². The lowest BCUT2D eigenvalue weighted by Gasteiger charge is -2.11. The third-order valence-corrected chi connectivity index (χ3v) is 1.18. The lowest BCUT2D eigenvalue weighted by Crippen LogP contribution is -2.33. The van der Waals surface area contributed by atoms with E-state index < -0.39 is 0 Å². The molecule has 0 unspecified atom stereocenters. The summed E-state index contributed by atoms with van der Waals surface area (Å²) < 4.78 is 0. The van der Waals surface area contributed by atoms with Gasteiger partial charge in [0.2, 0.25) is 0 Å². The van der Waals surface area contributed by atoms with Crippen LogP contribution < -0.4 is 11.1 Å². The molecule has 8 heavy (non-hydrogen) atoms. The number of hydrogen-bond donors (Lipinski definition) is 2. The third kappa shape index (κ3) is 2.09. The molecule has 0 aromatic carbocycles. The van der Waals surface area contributed by atoms with Crippen molar-refractivity contribution >= 4 is 0 Å². The summed E-state index contributed by atoms with van der Waals surface area (Å²) in [6.07, 6.45) is 0. The molecule has 0 aromatic heterocycles. The second-order valence-electron chi connectivity index (χ2n) is 1.92. The van der Waals surface area contributed by atoms with E-state index in [1.807, 2.05) is 14.0 Å². The molecule has 0 radical (unpaired) electrons. The van der Waals surface area contributed by atoms with Crippen molar-refractivity contribution in [3.8, 4) is 0 Å². The van der Waals surface area contributed by atoms with E-state index in [1.165, 1.54) is 0 Å². The Morgan fingerprint density at radius 3 is 2.38 bits per heavy atom. The first-order valence-electron chi connectivity index (χ1n) is 2.75. The summed E-state index contributed by atoms with van der Waals surface area (Å²) in [6.45, 7) is 6.35. The number of hydrogen-bond acceptors (Lipinski definition) is 2. The van der Waals surface area contributed by atoms with Crippen molar-refractivity contribution in [3.63, 3.8) is 0 Å². The van der Waals surface area contributed by atoms with E-state index in [-0.39, 0.29) is 6.04 Å². The number of likely N-dealkylation sites (N-methyl/N-ethyl adjacent to an activating group) is 1. The highest BCUT2D eigenvalue weighted by molar-refractivity contribution is 5.01. The monoisotopic (exact) mass is 114 g/mol. The van der Waals surface area contributed by atoms with Crippen molar-refractivity contribution in [2.45, 2.75) is 13.0 Å². The second kappa shape index (κ2) is 3.64. The van der Waals surface area contributed by atoms with Gasteiger partial charge in [-0.1, -0.05) is 12.2 Å². The lowest BCUT2D eigenvalue weighted by molar-refractivity contribution is 0.647. The number of rotatable bonds is 3. The van der Waals surface area contributed by atoms with Crippen LogP contribution in [0, 0.1) is 0 Å². The molecule has 2 nitrogen and oxygen atoms in total. The molecular formula is C6H14N2. The maximum Gasteiger partial charge on any atom is 0.0395 e. The largest absolute Gasteiger partial charge is 0.329 e. The fraction of sp³-hybridized carbons (Fsp3) is 0.667. The Kier molecular flexibility index (Phi) is 3.48. The molecule has 0 aliphatic carbocycles. The van der Waals surface area contributed by atoms with Crippen molar-refractivity contribution in [2.24, 2.45) is 5.73 Å². The molecule has 0 heterocycles. The van der Waals surface area contributed by atoms with Crippen LogP contribution in [0.25, 0.3) is 0 Å². The maximum atomic E-state index is 5.36. The van der Waals surface area contributed by atoms with Gasteiger partial charge >= 0.3 is 0 Å². The molecule has 1 atom stereocenters. The topological polar surface area (TPSA) is 38.0 Å². The fourth-order valence-corrected chi connectivity index (χ4v) is 0.565. The molecule has 2 heteroatoms. The van der Waals surface area contributed by atoms with Gasteiger partial charge in [0.25, 0.3) is 0 Å². The summed E-state index contributed by atoms with van der Waals surface area (Å²) in [6, 6.07) is 0.287. The second-order valence-corrected chi connectivity index (χ2v) is 1.92. The van der Waals surface area contributed by atoms with E-state index in [1.54, 1.807) is 0 Å². The average Bonchev–Trinajstić information content (AvgIpc) is 1.69. The smallest absolute Gasteiger partial charge is 0.0395 e. The Labute approximate surface area is 50.8 Å². The van der Waals surface area contributed by atoms with Gasteiger partial charge in [-0.05, 0) is 14.0 Å². The number of nitrogens with one attached hydrogen (secondary N) is 1. The predicted molar refractivity (Wildman–Crippen MR) is 36.7 cm³/mol. The van der Waals surface area contributed by atoms with E-state index in [9.17, 15) is 0 Å². The zero-order chi connectivity index (χ0) is 6.57. The first kappa shape index (κ1) is 7.66. The van der Waals surface area contributed by atoms with Crippen molar-refractivity contribution in [1.29, 1.82) is 0 Å². The van der Waals surface area contributed by atoms with Crippen LogP contribution in [-0.4, -0.2) is 19.6 Å². The van der Waals surface area contributed by atoms with Crippen molar-refractivity contribution < 1.29 is 0 Å². The Hall–Kier alpha value is -0.340. The van der Waals surface area contributed by atoms with E-state index in [0.29, 0.717) is 6.54 Å². The highest BCUT2D eigenvalue weighted by Gasteiger charge is 2.00. The summed E-state index contributed by atoms with van der Waals surface area (Å²) in [5.41, 5.74) is 6.45. The zero-order valence-electron chi connectivity index (χ0n) is 5.57. The molecule has 0 saturated carbocycles. The summed E-state index contributed by atoms with van der Waals surface area (Å²) in [5, 5.41) is 3.03. The van der Waals surface area contributed by atoms with Gasteiger partial charge in [0.05, 0.1) is 0 Å². The van der Waals surface area contributed by atoms with Crippen LogP contribution in [0.3, 0.4) is 0 Å². The van der Waals surface area contributed by atoms with E-state index in [0.717, 1.165) is 5.57 Å². The van der Waals surface area contributed by atoms with Crippen LogP contribution in [0.15, 0.2) is 12.2 Å². The summed E-state index contributed by atoms with van der Waals surface area (Å²) >= 11 is 0. The van der Waals surface area contributed by atoms with Gasteiger partial charge in [-0.15, -0.1) is 0 Å².